The Balaban J connectivity index is 2.27. The number of halogens is 2. The van der Waals surface area contributed by atoms with Gasteiger partial charge in [-0.3, -0.25) is 0 Å². The fourth-order valence-corrected chi connectivity index (χ4v) is 1.67. The normalized spacial score (nSPS) is 10.1. The van der Waals surface area contributed by atoms with Crippen LogP contribution >= 0.6 is 34.2 Å². The quantitative estimate of drug-likeness (QED) is 0.833. The number of aromatic nitrogens is 2. The molecular weight excluding hydrogens is 370 g/mol. The number of carboxylic acid groups (broad SMARTS) is 1. The Morgan fingerprint density at radius 2 is 2.00 bits per heavy atom. The van der Waals surface area contributed by atoms with Gasteiger partial charge >= 0.3 is 12.0 Å². The van der Waals surface area contributed by atoms with Crippen molar-refractivity contribution in [3.05, 3.63) is 44.7 Å². The third kappa shape index (κ3) is 3.08. The van der Waals surface area contributed by atoms with Gasteiger partial charge in [0, 0.05) is 16.0 Å². The second-order valence-electron chi connectivity index (χ2n) is 3.23. The molecule has 0 saturated carbocycles. The molecule has 0 unspecified atom stereocenters. The molecule has 1 heterocycles. The first-order chi connectivity index (χ1) is 8.56. The Morgan fingerprint density at radius 3 is 2.61 bits per heavy atom. The summed E-state index contributed by atoms with van der Waals surface area (Å²) in [6.45, 7) is 0. The zero-order chi connectivity index (χ0) is 13.1. The molecule has 0 aliphatic carbocycles. The molecule has 92 valence electrons. The van der Waals surface area contributed by atoms with E-state index in [0.717, 1.165) is 3.57 Å². The van der Waals surface area contributed by atoms with E-state index in [1.165, 1.54) is 12.1 Å². The number of aromatic carboxylic acids is 1. The van der Waals surface area contributed by atoms with Crippen molar-refractivity contribution in [2.75, 3.05) is 0 Å². The van der Waals surface area contributed by atoms with Gasteiger partial charge in [0.15, 0.2) is 0 Å². The maximum Gasteiger partial charge on any atom is 0.337 e. The standard InChI is InChI=1S/C11H6ClIN2O3/c12-9-2-1-7(3-8(9)10(16)17)18-11-14-4-6(13)5-15-11/h1-5H,(H,16,17). The predicted molar refractivity (Wildman–Crippen MR) is 73.2 cm³/mol. The Labute approximate surface area is 121 Å². The molecule has 0 aliphatic rings. The van der Waals surface area contributed by atoms with Crippen molar-refractivity contribution in [2.24, 2.45) is 0 Å². The van der Waals surface area contributed by atoms with Crippen molar-refractivity contribution in [3.63, 3.8) is 0 Å². The van der Waals surface area contributed by atoms with E-state index in [4.69, 9.17) is 21.4 Å². The molecule has 0 atom stereocenters. The first-order valence-electron chi connectivity index (χ1n) is 4.74. The molecule has 1 aromatic carbocycles. The fourth-order valence-electron chi connectivity index (χ4n) is 1.19. The van der Waals surface area contributed by atoms with Crippen molar-refractivity contribution >= 4 is 40.2 Å². The summed E-state index contributed by atoms with van der Waals surface area (Å²) in [6.07, 6.45) is 3.19. The maximum absolute atomic E-state index is 10.9. The molecule has 0 spiro atoms. The Hall–Kier alpha value is -1.41. The van der Waals surface area contributed by atoms with Crippen LogP contribution in [0.15, 0.2) is 30.6 Å². The smallest absolute Gasteiger partial charge is 0.337 e. The van der Waals surface area contributed by atoms with Crippen LogP contribution in [0.3, 0.4) is 0 Å². The van der Waals surface area contributed by atoms with Crippen molar-refractivity contribution in [3.8, 4) is 11.8 Å². The number of hydrogen-bond donors (Lipinski definition) is 1. The van der Waals surface area contributed by atoms with Crippen LogP contribution in [0.1, 0.15) is 10.4 Å². The number of carbonyl (C=O) groups is 1. The molecule has 1 aromatic heterocycles. The van der Waals surface area contributed by atoms with Crippen LogP contribution in [0.4, 0.5) is 0 Å². The summed E-state index contributed by atoms with van der Waals surface area (Å²) >= 11 is 7.82. The van der Waals surface area contributed by atoms with E-state index in [-0.39, 0.29) is 16.6 Å². The highest BCUT2D eigenvalue weighted by Gasteiger charge is 2.11. The zero-order valence-corrected chi connectivity index (χ0v) is 11.7. The molecule has 0 aliphatic heterocycles. The lowest BCUT2D eigenvalue weighted by atomic mass is 10.2. The molecule has 2 rings (SSSR count). The van der Waals surface area contributed by atoms with E-state index in [9.17, 15) is 4.79 Å². The third-order valence-electron chi connectivity index (χ3n) is 1.97. The number of ether oxygens (including phenoxy) is 1. The van der Waals surface area contributed by atoms with Crippen molar-refractivity contribution < 1.29 is 14.6 Å². The van der Waals surface area contributed by atoms with Gasteiger partial charge in [-0.2, -0.15) is 0 Å². The highest BCUT2D eigenvalue weighted by atomic mass is 127. The van der Waals surface area contributed by atoms with Crippen LogP contribution in [0.5, 0.6) is 11.8 Å². The van der Waals surface area contributed by atoms with E-state index in [1.54, 1.807) is 18.5 Å². The topological polar surface area (TPSA) is 72.3 Å². The molecule has 0 radical (unpaired) electrons. The van der Waals surface area contributed by atoms with Gasteiger partial charge in [0.2, 0.25) is 0 Å². The average Bonchev–Trinajstić information content (AvgIpc) is 2.34. The van der Waals surface area contributed by atoms with Crippen LogP contribution in [-0.2, 0) is 0 Å². The van der Waals surface area contributed by atoms with Gasteiger partial charge < -0.3 is 9.84 Å². The molecule has 18 heavy (non-hydrogen) atoms. The molecule has 2 aromatic rings. The highest BCUT2D eigenvalue weighted by molar-refractivity contribution is 14.1. The van der Waals surface area contributed by atoms with Crippen LogP contribution in [0.2, 0.25) is 5.02 Å². The first-order valence-corrected chi connectivity index (χ1v) is 6.20. The summed E-state index contributed by atoms with van der Waals surface area (Å²) in [6, 6.07) is 4.48. The lowest BCUT2D eigenvalue weighted by Crippen LogP contribution is -1.98. The summed E-state index contributed by atoms with van der Waals surface area (Å²) in [5, 5.41) is 9.07. The Morgan fingerprint density at radius 1 is 1.33 bits per heavy atom. The van der Waals surface area contributed by atoms with Gasteiger partial charge in [-0.1, -0.05) is 11.6 Å². The molecule has 7 heteroatoms. The van der Waals surface area contributed by atoms with Crippen LogP contribution in [0, 0.1) is 3.57 Å². The Bertz CT molecular complexity index is 589. The fraction of sp³-hybridized carbons (Fsp3) is 0. The van der Waals surface area contributed by atoms with E-state index < -0.39 is 5.97 Å². The third-order valence-corrected chi connectivity index (χ3v) is 2.86. The van der Waals surface area contributed by atoms with Crippen molar-refractivity contribution in [1.29, 1.82) is 0 Å². The molecule has 5 nitrogen and oxygen atoms in total. The molecule has 0 bridgehead atoms. The molecule has 1 N–H and O–H groups in total. The van der Waals surface area contributed by atoms with Crippen LogP contribution < -0.4 is 4.74 Å². The van der Waals surface area contributed by atoms with Gasteiger partial charge in [0.1, 0.15) is 5.75 Å². The van der Waals surface area contributed by atoms with E-state index >= 15 is 0 Å². The second kappa shape index (κ2) is 5.49. The lowest BCUT2D eigenvalue weighted by Gasteiger charge is -2.05. The molecule has 0 amide bonds. The minimum atomic E-state index is -1.12. The number of carboxylic acids is 1. The van der Waals surface area contributed by atoms with Gasteiger partial charge in [-0.05, 0) is 40.8 Å². The van der Waals surface area contributed by atoms with Crippen molar-refractivity contribution in [1.82, 2.24) is 9.97 Å². The minimum Gasteiger partial charge on any atom is -0.478 e. The minimum absolute atomic E-state index is 0.0281. The second-order valence-corrected chi connectivity index (χ2v) is 4.89. The summed E-state index contributed by atoms with van der Waals surface area (Å²) in [4.78, 5) is 18.8. The van der Waals surface area contributed by atoms with E-state index in [1.807, 2.05) is 0 Å². The molecule has 0 saturated heterocycles. The SMILES string of the molecule is O=C(O)c1cc(Oc2ncc(I)cn2)ccc1Cl. The summed E-state index contributed by atoms with van der Waals surface area (Å²) < 4.78 is 6.21. The van der Waals surface area contributed by atoms with Gasteiger partial charge in [-0.25, -0.2) is 14.8 Å². The first kappa shape index (κ1) is 13.0. The number of nitrogens with zero attached hydrogens (tertiary/aromatic N) is 2. The summed E-state index contributed by atoms with van der Waals surface area (Å²) in [7, 11) is 0. The average molecular weight is 377 g/mol. The largest absolute Gasteiger partial charge is 0.478 e. The maximum atomic E-state index is 10.9. The van der Waals surface area contributed by atoms with E-state index in [2.05, 4.69) is 32.6 Å². The predicted octanol–water partition coefficient (Wildman–Crippen LogP) is 3.23. The molecule has 0 fully saturated rings. The highest BCUT2D eigenvalue weighted by Crippen LogP contribution is 2.24. The summed E-state index contributed by atoms with van der Waals surface area (Å²) in [5.74, 6) is -0.799. The van der Waals surface area contributed by atoms with Crippen LogP contribution in [0.25, 0.3) is 0 Å². The van der Waals surface area contributed by atoms with Gasteiger partial charge in [0.25, 0.3) is 0 Å². The lowest BCUT2D eigenvalue weighted by molar-refractivity contribution is 0.0696. The number of hydrogen-bond acceptors (Lipinski definition) is 4. The van der Waals surface area contributed by atoms with Gasteiger partial charge in [-0.15, -0.1) is 0 Å². The zero-order valence-electron chi connectivity index (χ0n) is 8.80. The van der Waals surface area contributed by atoms with Gasteiger partial charge in [0.05, 0.1) is 10.6 Å². The summed E-state index contributed by atoms with van der Waals surface area (Å²) in [5.41, 5.74) is -0.0281. The molecular formula is C11H6ClIN2O3. The van der Waals surface area contributed by atoms with Crippen molar-refractivity contribution in [2.45, 2.75) is 0 Å². The number of rotatable bonds is 3. The number of benzene rings is 1. The Kier molecular flexibility index (Phi) is 3.97. The van der Waals surface area contributed by atoms with Crippen LogP contribution in [-0.4, -0.2) is 21.0 Å². The van der Waals surface area contributed by atoms with E-state index in [0.29, 0.717) is 5.75 Å². The monoisotopic (exact) mass is 376 g/mol.